The van der Waals surface area contributed by atoms with Crippen molar-refractivity contribution in [1.29, 1.82) is 0 Å². The van der Waals surface area contributed by atoms with Crippen molar-refractivity contribution in [3.63, 3.8) is 0 Å². The van der Waals surface area contributed by atoms with Gasteiger partial charge in [-0.3, -0.25) is 9.59 Å². The van der Waals surface area contributed by atoms with Crippen molar-refractivity contribution in [2.45, 2.75) is 4.75 Å². The molecule has 0 radical (unpaired) electrons. The number of carbonyl (C=O) groups excluding carboxylic acids is 3. The molecule has 1 heterocycles. The monoisotopic (exact) mass is 577 g/mol. The molecule has 0 spiro atoms. The summed E-state index contributed by atoms with van der Waals surface area (Å²) in [5.74, 6) is -2.74. The Morgan fingerprint density at radius 2 is 1.12 bits per heavy atom. The molecule has 206 valence electrons. The van der Waals surface area contributed by atoms with Crippen molar-refractivity contribution in [3.8, 4) is 11.8 Å². The zero-order valence-corrected chi connectivity index (χ0v) is 22.9. The lowest BCUT2D eigenvalue weighted by Crippen LogP contribution is -2.41. The van der Waals surface area contributed by atoms with E-state index >= 15 is 0 Å². The maximum Gasteiger partial charge on any atom is 0.352 e. The van der Waals surface area contributed by atoms with Crippen molar-refractivity contribution in [3.05, 3.63) is 120 Å². The van der Waals surface area contributed by atoms with Crippen LogP contribution < -0.4 is 15.5 Å². The van der Waals surface area contributed by atoms with Gasteiger partial charge in [0.05, 0.1) is 12.3 Å². The van der Waals surface area contributed by atoms with E-state index in [-0.39, 0.29) is 18.2 Å². The van der Waals surface area contributed by atoms with Crippen LogP contribution in [0.5, 0.6) is 11.8 Å². The van der Waals surface area contributed by atoms with Crippen LogP contribution >= 0.6 is 21.6 Å². The molecule has 11 heteroatoms. The fraction of sp³-hybridized carbons (Fsp3) is 0.138. The van der Waals surface area contributed by atoms with Crippen LogP contribution in [0, 0.1) is 0 Å². The molecule has 4 rings (SSSR count). The van der Waals surface area contributed by atoms with Gasteiger partial charge in [-0.15, -0.1) is 4.73 Å². The normalized spacial score (nSPS) is 11.0. The number of aromatic nitrogens is 1. The topological polar surface area (TPSA) is 130 Å². The molecule has 0 fully saturated rings. The molecule has 3 aromatic carbocycles. The third-order valence-corrected chi connectivity index (χ3v) is 8.69. The van der Waals surface area contributed by atoms with Crippen molar-refractivity contribution in [2.75, 3.05) is 18.8 Å². The fourth-order valence-electron chi connectivity index (χ4n) is 3.93. The van der Waals surface area contributed by atoms with Gasteiger partial charge in [-0.1, -0.05) is 113 Å². The summed E-state index contributed by atoms with van der Waals surface area (Å²) in [7, 11) is 2.94. The Morgan fingerprint density at radius 3 is 1.60 bits per heavy atom. The minimum absolute atomic E-state index is 0.0838. The number of hydrogen-bond donors (Lipinski definition) is 4. The van der Waals surface area contributed by atoms with Crippen molar-refractivity contribution in [2.24, 2.45) is 0 Å². The maximum atomic E-state index is 12.6. The number of amides is 2. The largest absolute Gasteiger partial charge is 0.492 e. The summed E-state index contributed by atoms with van der Waals surface area (Å²) in [6.07, 6.45) is 0. The van der Waals surface area contributed by atoms with Crippen LogP contribution in [0.2, 0.25) is 0 Å². The minimum atomic E-state index is -0.924. The fourth-order valence-corrected chi connectivity index (χ4v) is 6.96. The molecule has 9 nitrogen and oxygen atoms in total. The number of carbonyl (C=O) groups is 3. The molecular weight excluding hydrogens is 550 g/mol. The van der Waals surface area contributed by atoms with Gasteiger partial charge < -0.3 is 25.7 Å². The van der Waals surface area contributed by atoms with E-state index in [4.69, 9.17) is 4.84 Å². The zero-order valence-electron chi connectivity index (χ0n) is 21.2. The number of aromatic hydroxyl groups is 2. The number of hydrogen-bond acceptors (Lipinski definition) is 8. The summed E-state index contributed by atoms with van der Waals surface area (Å²) in [5, 5.41) is 23.9. The maximum absolute atomic E-state index is 12.6. The first kappa shape index (κ1) is 28.7. The predicted molar refractivity (Wildman–Crippen MR) is 155 cm³/mol. The van der Waals surface area contributed by atoms with E-state index in [2.05, 4.69) is 47.0 Å². The summed E-state index contributed by atoms with van der Waals surface area (Å²) in [4.78, 5) is 41.3. The average Bonchev–Trinajstić information content (AvgIpc) is 3.30. The molecule has 0 saturated heterocycles. The van der Waals surface area contributed by atoms with Crippen molar-refractivity contribution < 1.29 is 29.4 Å². The van der Waals surface area contributed by atoms with Crippen LogP contribution in [0.15, 0.2) is 103 Å². The Morgan fingerprint density at radius 1 is 0.675 bits per heavy atom. The second kappa shape index (κ2) is 13.6. The van der Waals surface area contributed by atoms with Crippen molar-refractivity contribution >= 4 is 39.4 Å². The van der Waals surface area contributed by atoms with Gasteiger partial charge in [0, 0.05) is 12.1 Å². The van der Waals surface area contributed by atoms with Gasteiger partial charge in [-0.2, -0.15) is 0 Å². The van der Waals surface area contributed by atoms with Crippen LogP contribution in [0.25, 0.3) is 0 Å². The quantitative estimate of drug-likeness (QED) is 0.149. The number of nitrogens with zero attached hydrogens (tertiary/aromatic N) is 1. The molecule has 1 aromatic heterocycles. The molecule has 0 aliphatic rings. The van der Waals surface area contributed by atoms with E-state index in [1.807, 2.05) is 54.6 Å². The highest BCUT2D eigenvalue weighted by Crippen LogP contribution is 2.53. The Balaban J connectivity index is 1.34. The van der Waals surface area contributed by atoms with Crippen LogP contribution in [0.4, 0.5) is 0 Å². The van der Waals surface area contributed by atoms with Crippen molar-refractivity contribution in [1.82, 2.24) is 15.4 Å². The lowest BCUT2D eigenvalue weighted by Gasteiger charge is -2.34. The first-order valence-electron chi connectivity index (χ1n) is 12.2. The van der Waals surface area contributed by atoms with E-state index in [0.29, 0.717) is 4.73 Å². The number of benzene rings is 3. The highest BCUT2D eigenvalue weighted by Gasteiger charge is 2.37. The van der Waals surface area contributed by atoms with Gasteiger partial charge in [0.1, 0.15) is 11.3 Å². The third kappa shape index (κ3) is 6.99. The lowest BCUT2D eigenvalue weighted by atomic mass is 9.84. The summed E-state index contributed by atoms with van der Waals surface area (Å²) in [5.41, 5.74) is 3.20. The Bertz CT molecular complexity index is 1320. The molecule has 0 unspecified atom stereocenters. The zero-order chi connectivity index (χ0) is 28.4. The van der Waals surface area contributed by atoms with Gasteiger partial charge in [0.2, 0.25) is 23.6 Å². The Hall–Kier alpha value is -4.35. The summed E-state index contributed by atoms with van der Waals surface area (Å²) >= 11 is 0. The summed E-state index contributed by atoms with van der Waals surface area (Å²) in [6, 6.07) is 32.6. The highest BCUT2D eigenvalue weighted by atomic mass is 33.1. The highest BCUT2D eigenvalue weighted by molar-refractivity contribution is 8.77. The molecule has 0 atom stereocenters. The Kier molecular flexibility index (Phi) is 9.76. The van der Waals surface area contributed by atoms with Crippen LogP contribution in [-0.2, 0) is 19.1 Å². The number of nitrogens with one attached hydrogen (secondary N) is 2. The van der Waals surface area contributed by atoms with Gasteiger partial charge in [0.25, 0.3) is 0 Å². The van der Waals surface area contributed by atoms with Gasteiger partial charge in [-0.05, 0) is 16.7 Å². The van der Waals surface area contributed by atoms with E-state index in [9.17, 15) is 24.6 Å². The smallest absolute Gasteiger partial charge is 0.352 e. The average molecular weight is 578 g/mol. The first-order valence-corrected chi connectivity index (χ1v) is 14.5. The molecule has 2 amide bonds. The molecular formula is C29H27N3O6S2. The lowest BCUT2D eigenvalue weighted by molar-refractivity contribution is -0.145. The van der Waals surface area contributed by atoms with Crippen LogP contribution in [-0.4, -0.2) is 51.6 Å². The molecule has 40 heavy (non-hydrogen) atoms. The van der Waals surface area contributed by atoms with Gasteiger partial charge in [-0.25, -0.2) is 4.79 Å². The van der Waals surface area contributed by atoms with E-state index in [0.717, 1.165) is 28.8 Å². The molecule has 0 saturated carbocycles. The molecule has 0 aliphatic heterocycles. The minimum Gasteiger partial charge on any atom is -0.492 e. The van der Waals surface area contributed by atoms with Gasteiger partial charge >= 0.3 is 5.97 Å². The third-order valence-electron chi connectivity index (χ3n) is 5.78. The standard InChI is InChI=1S/C29H27N3O6S2/c33-24(31-19-28(37)38-32-26(35)16-17-27(32)36)18-30-25(34)20-39-40-29(21-10-4-1-5-11-21,22-12-6-2-7-13-22)23-14-8-3-9-15-23/h1-17,35-36H,18-20H2,(H,30,34)(H,31,33). The second-order valence-corrected chi connectivity index (χ2v) is 11.0. The van der Waals surface area contributed by atoms with Crippen LogP contribution in [0.1, 0.15) is 16.7 Å². The SMILES string of the molecule is O=C(CNC(=O)CSSC(c1ccccc1)(c1ccccc1)c1ccccc1)NCC(=O)On1c(O)ccc1O. The second-order valence-electron chi connectivity index (χ2n) is 8.49. The van der Waals surface area contributed by atoms with E-state index < -0.39 is 34.9 Å². The predicted octanol–water partition coefficient (Wildman–Crippen LogP) is 3.46. The molecule has 4 N–H and O–H groups in total. The molecule has 0 bridgehead atoms. The summed E-state index contributed by atoms with van der Waals surface area (Å²) in [6.45, 7) is -0.858. The molecule has 4 aromatic rings. The van der Waals surface area contributed by atoms with Gasteiger partial charge in [0.15, 0.2) is 0 Å². The Labute approximate surface area is 238 Å². The molecule has 0 aliphatic carbocycles. The number of rotatable bonds is 12. The van der Waals surface area contributed by atoms with E-state index in [1.165, 1.54) is 10.8 Å². The first-order chi connectivity index (χ1) is 19.4. The van der Waals surface area contributed by atoms with Crippen LogP contribution in [0.3, 0.4) is 0 Å². The van der Waals surface area contributed by atoms with E-state index in [1.54, 1.807) is 10.8 Å². The summed E-state index contributed by atoms with van der Waals surface area (Å²) < 4.78 is -0.0689.